The minimum atomic E-state index is 0.0105. The second-order valence-electron chi connectivity index (χ2n) is 6.57. The first kappa shape index (κ1) is 19.9. The summed E-state index contributed by atoms with van der Waals surface area (Å²) in [4.78, 5) is 14.2. The van der Waals surface area contributed by atoms with Crippen molar-refractivity contribution in [2.75, 3.05) is 19.9 Å². The number of benzene rings is 2. The lowest BCUT2D eigenvalue weighted by Gasteiger charge is -2.17. The molecular formula is C20H23N5O2S. The van der Waals surface area contributed by atoms with Crippen molar-refractivity contribution in [2.45, 2.75) is 25.5 Å². The number of tetrazole rings is 1. The van der Waals surface area contributed by atoms with Gasteiger partial charge in [0.1, 0.15) is 11.4 Å². The van der Waals surface area contributed by atoms with Gasteiger partial charge in [-0.1, -0.05) is 47.7 Å². The summed E-state index contributed by atoms with van der Waals surface area (Å²) >= 11 is 1.30. The lowest BCUT2D eigenvalue weighted by molar-refractivity contribution is -0.127. The van der Waals surface area contributed by atoms with Gasteiger partial charge >= 0.3 is 0 Å². The normalized spacial score (nSPS) is 10.7. The van der Waals surface area contributed by atoms with Crippen LogP contribution in [-0.2, 0) is 11.3 Å². The Bertz CT molecular complexity index is 955. The van der Waals surface area contributed by atoms with Crippen molar-refractivity contribution in [1.29, 1.82) is 0 Å². The Morgan fingerprint density at radius 2 is 1.86 bits per heavy atom. The van der Waals surface area contributed by atoms with Gasteiger partial charge in [-0.05, 0) is 47.5 Å². The molecule has 0 aliphatic rings. The molecule has 0 atom stereocenters. The second-order valence-corrected chi connectivity index (χ2v) is 7.52. The van der Waals surface area contributed by atoms with E-state index < -0.39 is 0 Å². The molecule has 2 aromatic carbocycles. The van der Waals surface area contributed by atoms with Crippen LogP contribution in [0.3, 0.4) is 0 Å². The predicted molar refractivity (Wildman–Crippen MR) is 109 cm³/mol. The largest absolute Gasteiger partial charge is 0.494 e. The maximum Gasteiger partial charge on any atom is 0.233 e. The first-order chi connectivity index (χ1) is 13.5. The molecule has 0 spiro atoms. The fourth-order valence-electron chi connectivity index (χ4n) is 2.68. The zero-order valence-corrected chi connectivity index (χ0v) is 17.2. The molecule has 0 fully saturated rings. The summed E-state index contributed by atoms with van der Waals surface area (Å²) in [7, 11) is 3.41. The van der Waals surface area contributed by atoms with E-state index in [0.717, 1.165) is 16.8 Å². The van der Waals surface area contributed by atoms with Crippen molar-refractivity contribution in [3.8, 4) is 11.4 Å². The number of aryl methyl sites for hydroxylation is 2. The zero-order chi connectivity index (χ0) is 20.1. The van der Waals surface area contributed by atoms with E-state index in [1.165, 1.54) is 17.3 Å². The first-order valence-corrected chi connectivity index (χ1v) is 9.82. The van der Waals surface area contributed by atoms with Crippen LogP contribution in [0.1, 0.15) is 16.7 Å². The Kier molecular flexibility index (Phi) is 6.30. The van der Waals surface area contributed by atoms with Crippen LogP contribution in [0.4, 0.5) is 0 Å². The lowest BCUT2D eigenvalue weighted by atomic mass is 10.1. The number of aromatic nitrogens is 4. The SMILES string of the molecule is COc1ccc(C)cc1-n1nnnc1SCC(=O)N(C)Cc1ccc(C)cc1. The molecule has 0 aliphatic carbocycles. The minimum absolute atomic E-state index is 0.0105. The van der Waals surface area contributed by atoms with Crippen LogP contribution in [0.2, 0.25) is 0 Å². The molecule has 0 unspecified atom stereocenters. The molecule has 1 aromatic heterocycles. The third-order valence-corrected chi connectivity index (χ3v) is 5.20. The first-order valence-electron chi connectivity index (χ1n) is 8.83. The van der Waals surface area contributed by atoms with Gasteiger partial charge in [-0.15, -0.1) is 5.10 Å². The number of carbonyl (C=O) groups excluding carboxylic acids is 1. The van der Waals surface area contributed by atoms with E-state index >= 15 is 0 Å². The van der Waals surface area contributed by atoms with Crippen molar-refractivity contribution in [1.82, 2.24) is 25.1 Å². The number of nitrogens with zero attached hydrogens (tertiary/aromatic N) is 5. The van der Waals surface area contributed by atoms with E-state index in [2.05, 4.69) is 15.5 Å². The van der Waals surface area contributed by atoms with Crippen molar-refractivity contribution in [2.24, 2.45) is 0 Å². The number of carbonyl (C=O) groups is 1. The highest BCUT2D eigenvalue weighted by atomic mass is 32.2. The van der Waals surface area contributed by atoms with Gasteiger partial charge in [0.25, 0.3) is 0 Å². The molecule has 0 radical (unpaired) electrons. The molecule has 8 heteroatoms. The molecule has 1 amide bonds. The molecule has 0 saturated heterocycles. The Hall–Kier alpha value is -2.87. The van der Waals surface area contributed by atoms with Gasteiger partial charge < -0.3 is 9.64 Å². The Morgan fingerprint density at radius 1 is 1.14 bits per heavy atom. The number of ether oxygens (including phenoxy) is 1. The minimum Gasteiger partial charge on any atom is -0.494 e. The van der Waals surface area contributed by atoms with E-state index in [4.69, 9.17) is 4.74 Å². The quantitative estimate of drug-likeness (QED) is 0.571. The van der Waals surface area contributed by atoms with Gasteiger partial charge in [0, 0.05) is 13.6 Å². The molecular weight excluding hydrogens is 374 g/mol. The summed E-state index contributed by atoms with van der Waals surface area (Å²) < 4.78 is 7.02. The van der Waals surface area contributed by atoms with Crippen molar-refractivity contribution < 1.29 is 9.53 Å². The van der Waals surface area contributed by atoms with Gasteiger partial charge in [0.15, 0.2) is 0 Å². The van der Waals surface area contributed by atoms with Gasteiger partial charge in [-0.2, -0.15) is 4.68 Å². The molecule has 28 heavy (non-hydrogen) atoms. The molecule has 1 heterocycles. The summed E-state index contributed by atoms with van der Waals surface area (Å²) in [6, 6.07) is 14.0. The van der Waals surface area contributed by atoms with Crippen molar-refractivity contribution >= 4 is 17.7 Å². The number of methoxy groups -OCH3 is 1. The van der Waals surface area contributed by atoms with E-state index in [1.807, 2.05) is 56.3 Å². The molecule has 7 nitrogen and oxygen atoms in total. The second kappa shape index (κ2) is 8.88. The van der Waals surface area contributed by atoms with Crippen LogP contribution >= 0.6 is 11.8 Å². The fourth-order valence-corrected chi connectivity index (χ4v) is 3.50. The van der Waals surface area contributed by atoms with Crippen LogP contribution in [0.15, 0.2) is 47.6 Å². The van der Waals surface area contributed by atoms with Gasteiger partial charge in [0.2, 0.25) is 11.1 Å². The van der Waals surface area contributed by atoms with E-state index in [9.17, 15) is 4.79 Å². The number of rotatable bonds is 7. The smallest absolute Gasteiger partial charge is 0.233 e. The van der Waals surface area contributed by atoms with Gasteiger partial charge in [-0.3, -0.25) is 4.79 Å². The topological polar surface area (TPSA) is 73.1 Å². The standard InChI is InChI=1S/C20H23N5O2S/c1-14-5-8-16(9-6-14)12-24(3)19(26)13-28-20-21-22-23-25(20)17-11-15(2)7-10-18(17)27-4/h5-11H,12-13H2,1-4H3. The molecule has 146 valence electrons. The van der Waals surface area contributed by atoms with Crippen LogP contribution in [0.5, 0.6) is 5.75 Å². The van der Waals surface area contributed by atoms with Crippen LogP contribution in [0, 0.1) is 13.8 Å². The van der Waals surface area contributed by atoms with Crippen LogP contribution < -0.4 is 4.74 Å². The Labute approximate surface area is 168 Å². The maximum atomic E-state index is 12.5. The zero-order valence-electron chi connectivity index (χ0n) is 16.4. The van der Waals surface area contributed by atoms with Crippen molar-refractivity contribution in [3.05, 3.63) is 59.2 Å². The van der Waals surface area contributed by atoms with Crippen LogP contribution in [0.25, 0.3) is 5.69 Å². The summed E-state index contributed by atoms with van der Waals surface area (Å²) in [6.07, 6.45) is 0. The number of hydrogen-bond donors (Lipinski definition) is 0. The molecule has 0 bridgehead atoms. The fraction of sp³-hybridized carbons (Fsp3) is 0.300. The summed E-state index contributed by atoms with van der Waals surface area (Å²) in [6.45, 7) is 4.60. The highest BCUT2D eigenvalue weighted by molar-refractivity contribution is 7.99. The molecule has 3 rings (SSSR count). The molecule has 0 saturated carbocycles. The monoisotopic (exact) mass is 397 g/mol. The number of hydrogen-bond acceptors (Lipinski definition) is 6. The third-order valence-electron chi connectivity index (χ3n) is 4.29. The Morgan fingerprint density at radius 3 is 2.57 bits per heavy atom. The van der Waals surface area contributed by atoms with Crippen molar-refractivity contribution in [3.63, 3.8) is 0 Å². The van der Waals surface area contributed by atoms with E-state index in [0.29, 0.717) is 17.5 Å². The highest BCUT2D eigenvalue weighted by Crippen LogP contribution is 2.27. The third kappa shape index (κ3) is 4.69. The average molecular weight is 398 g/mol. The highest BCUT2D eigenvalue weighted by Gasteiger charge is 2.17. The maximum absolute atomic E-state index is 12.5. The Balaban J connectivity index is 1.67. The summed E-state index contributed by atoms with van der Waals surface area (Å²) in [5, 5.41) is 12.4. The molecule has 0 aliphatic heterocycles. The molecule has 3 aromatic rings. The predicted octanol–water partition coefficient (Wildman–Crippen LogP) is 3.04. The van der Waals surface area contributed by atoms with E-state index in [-0.39, 0.29) is 11.7 Å². The number of thioether (sulfide) groups is 1. The number of amides is 1. The van der Waals surface area contributed by atoms with E-state index in [1.54, 1.807) is 23.7 Å². The molecule has 0 N–H and O–H groups in total. The van der Waals surface area contributed by atoms with Gasteiger partial charge in [-0.25, -0.2) is 0 Å². The lowest BCUT2D eigenvalue weighted by Crippen LogP contribution is -2.27. The summed E-state index contributed by atoms with van der Waals surface area (Å²) in [5.74, 6) is 0.926. The average Bonchev–Trinajstić information content (AvgIpc) is 3.16. The summed E-state index contributed by atoms with van der Waals surface area (Å²) in [5.41, 5.74) is 4.11. The van der Waals surface area contributed by atoms with Crippen LogP contribution in [-0.4, -0.2) is 50.9 Å². The van der Waals surface area contributed by atoms with Gasteiger partial charge in [0.05, 0.1) is 12.9 Å².